The standard InChI is InChI=1S/C19H30O2/c1-7-10-20-17-9-8-15(12-16(17)19(4,5)6)11-13(2)18-14(3)21-18/h8-9,12-14,18H,7,10-11H2,1-6H3. The first-order valence-corrected chi connectivity index (χ1v) is 8.24. The molecule has 1 aromatic carbocycles. The molecule has 3 atom stereocenters. The van der Waals surface area contributed by atoms with Crippen molar-refractivity contribution in [3.8, 4) is 5.75 Å². The first-order valence-electron chi connectivity index (χ1n) is 8.24. The summed E-state index contributed by atoms with van der Waals surface area (Å²) < 4.78 is 11.5. The smallest absolute Gasteiger partial charge is 0.123 e. The summed E-state index contributed by atoms with van der Waals surface area (Å²) in [6.45, 7) is 14.1. The molecule has 1 saturated heterocycles. The van der Waals surface area contributed by atoms with Gasteiger partial charge in [-0.15, -0.1) is 0 Å². The highest BCUT2D eigenvalue weighted by molar-refractivity contribution is 5.42. The topological polar surface area (TPSA) is 21.8 Å². The lowest BCUT2D eigenvalue weighted by molar-refractivity contribution is 0.308. The van der Waals surface area contributed by atoms with Crippen molar-refractivity contribution >= 4 is 0 Å². The van der Waals surface area contributed by atoms with Crippen molar-refractivity contribution in [2.45, 2.75) is 72.0 Å². The fourth-order valence-corrected chi connectivity index (χ4v) is 2.92. The molecule has 2 rings (SSSR count). The minimum Gasteiger partial charge on any atom is -0.493 e. The first-order chi connectivity index (χ1) is 9.82. The van der Waals surface area contributed by atoms with Gasteiger partial charge in [-0.05, 0) is 48.3 Å². The Hall–Kier alpha value is -1.02. The van der Waals surface area contributed by atoms with Crippen LogP contribution in [0.5, 0.6) is 5.75 Å². The van der Waals surface area contributed by atoms with E-state index in [9.17, 15) is 0 Å². The second kappa shape index (κ2) is 6.39. The number of hydrogen-bond acceptors (Lipinski definition) is 2. The molecular weight excluding hydrogens is 260 g/mol. The first kappa shape index (κ1) is 16.4. The molecule has 2 nitrogen and oxygen atoms in total. The number of ether oxygens (including phenoxy) is 2. The molecule has 0 spiro atoms. The normalized spacial score (nSPS) is 23.0. The third-order valence-corrected chi connectivity index (χ3v) is 4.19. The number of hydrogen-bond donors (Lipinski definition) is 0. The van der Waals surface area contributed by atoms with Gasteiger partial charge in [0.15, 0.2) is 0 Å². The highest BCUT2D eigenvalue weighted by Crippen LogP contribution is 2.35. The lowest BCUT2D eigenvalue weighted by atomic mass is 9.84. The molecule has 1 aliphatic heterocycles. The van der Waals surface area contributed by atoms with Crippen LogP contribution in [0, 0.1) is 5.92 Å². The van der Waals surface area contributed by atoms with Gasteiger partial charge in [0.25, 0.3) is 0 Å². The van der Waals surface area contributed by atoms with Crippen molar-refractivity contribution in [3.63, 3.8) is 0 Å². The molecule has 0 radical (unpaired) electrons. The molecule has 1 aliphatic rings. The number of rotatable bonds is 6. The maximum atomic E-state index is 5.92. The zero-order valence-electron chi connectivity index (χ0n) is 14.4. The average Bonchev–Trinajstić information content (AvgIpc) is 3.13. The summed E-state index contributed by atoms with van der Waals surface area (Å²) in [5, 5.41) is 0. The Morgan fingerprint density at radius 3 is 2.48 bits per heavy atom. The average molecular weight is 290 g/mol. The van der Waals surface area contributed by atoms with E-state index in [0.29, 0.717) is 18.1 Å². The molecule has 1 fully saturated rings. The van der Waals surface area contributed by atoms with E-state index in [2.05, 4.69) is 59.7 Å². The second-order valence-corrected chi connectivity index (χ2v) is 7.42. The number of benzene rings is 1. The van der Waals surface area contributed by atoms with E-state index in [1.54, 1.807) is 0 Å². The van der Waals surface area contributed by atoms with Crippen LogP contribution in [-0.2, 0) is 16.6 Å². The summed E-state index contributed by atoms with van der Waals surface area (Å²) in [4.78, 5) is 0. The van der Waals surface area contributed by atoms with Crippen LogP contribution < -0.4 is 4.74 Å². The maximum Gasteiger partial charge on any atom is 0.123 e. The Morgan fingerprint density at radius 2 is 1.95 bits per heavy atom. The van der Waals surface area contributed by atoms with E-state index in [1.807, 2.05) is 0 Å². The van der Waals surface area contributed by atoms with Gasteiger partial charge in [-0.25, -0.2) is 0 Å². The highest BCUT2D eigenvalue weighted by Gasteiger charge is 2.38. The molecule has 21 heavy (non-hydrogen) atoms. The van der Waals surface area contributed by atoms with Gasteiger partial charge in [0.05, 0.1) is 18.8 Å². The minimum absolute atomic E-state index is 0.103. The molecule has 2 heteroatoms. The fraction of sp³-hybridized carbons (Fsp3) is 0.684. The number of epoxide rings is 1. The van der Waals surface area contributed by atoms with Crippen molar-refractivity contribution in [3.05, 3.63) is 29.3 Å². The summed E-state index contributed by atoms with van der Waals surface area (Å²) in [5.41, 5.74) is 2.80. The highest BCUT2D eigenvalue weighted by atomic mass is 16.6. The summed E-state index contributed by atoms with van der Waals surface area (Å²) in [5.74, 6) is 1.62. The molecule has 1 heterocycles. The largest absolute Gasteiger partial charge is 0.493 e. The van der Waals surface area contributed by atoms with Crippen LogP contribution in [-0.4, -0.2) is 18.8 Å². The van der Waals surface area contributed by atoms with Crippen molar-refractivity contribution in [1.29, 1.82) is 0 Å². The predicted molar refractivity (Wildman–Crippen MR) is 88.1 cm³/mol. The van der Waals surface area contributed by atoms with Gasteiger partial charge in [-0.2, -0.15) is 0 Å². The molecule has 3 unspecified atom stereocenters. The van der Waals surface area contributed by atoms with Gasteiger partial charge >= 0.3 is 0 Å². The van der Waals surface area contributed by atoms with Crippen molar-refractivity contribution in [2.24, 2.45) is 5.92 Å². The van der Waals surface area contributed by atoms with Crippen molar-refractivity contribution < 1.29 is 9.47 Å². The molecule has 1 aromatic rings. The lowest BCUT2D eigenvalue weighted by Crippen LogP contribution is -2.15. The minimum atomic E-state index is 0.103. The molecule has 0 aliphatic carbocycles. The second-order valence-electron chi connectivity index (χ2n) is 7.42. The van der Waals surface area contributed by atoms with E-state index in [-0.39, 0.29) is 5.41 Å². The zero-order valence-corrected chi connectivity index (χ0v) is 14.4. The van der Waals surface area contributed by atoms with Crippen LogP contribution in [0.15, 0.2) is 18.2 Å². The van der Waals surface area contributed by atoms with Crippen LogP contribution in [0.2, 0.25) is 0 Å². The van der Waals surface area contributed by atoms with Crippen LogP contribution in [0.3, 0.4) is 0 Å². The van der Waals surface area contributed by atoms with E-state index < -0.39 is 0 Å². The Labute approximate surface area is 129 Å². The Balaban J connectivity index is 2.16. The quantitative estimate of drug-likeness (QED) is 0.706. The van der Waals surface area contributed by atoms with Crippen LogP contribution in [0.4, 0.5) is 0 Å². The molecular formula is C19H30O2. The van der Waals surface area contributed by atoms with Gasteiger partial charge < -0.3 is 9.47 Å². The Bertz CT molecular complexity index is 473. The molecule has 118 valence electrons. The Morgan fingerprint density at radius 1 is 1.29 bits per heavy atom. The molecule has 0 bridgehead atoms. The van der Waals surface area contributed by atoms with E-state index in [1.165, 1.54) is 11.1 Å². The SMILES string of the molecule is CCCOc1ccc(CC(C)C2OC2C)cc1C(C)(C)C. The van der Waals surface area contributed by atoms with E-state index in [0.717, 1.165) is 25.2 Å². The van der Waals surface area contributed by atoms with Crippen LogP contribution in [0.1, 0.15) is 59.1 Å². The van der Waals surface area contributed by atoms with Crippen LogP contribution >= 0.6 is 0 Å². The Kier molecular flexibility index (Phi) is 4.98. The van der Waals surface area contributed by atoms with Crippen molar-refractivity contribution in [1.82, 2.24) is 0 Å². The summed E-state index contributed by atoms with van der Waals surface area (Å²) in [7, 11) is 0. The molecule has 0 N–H and O–H groups in total. The van der Waals surface area contributed by atoms with E-state index >= 15 is 0 Å². The predicted octanol–water partition coefficient (Wildman–Crippen LogP) is 4.74. The maximum absolute atomic E-state index is 5.92. The summed E-state index contributed by atoms with van der Waals surface area (Å²) >= 11 is 0. The third kappa shape index (κ3) is 4.23. The van der Waals surface area contributed by atoms with Gasteiger partial charge in [-0.1, -0.05) is 46.8 Å². The van der Waals surface area contributed by atoms with Gasteiger partial charge in [0.1, 0.15) is 5.75 Å². The summed E-state index contributed by atoms with van der Waals surface area (Å²) in [6.07, 6.45) is 3.00. The van der Waals surface area contributed by atoms with E-state index in [4.69, 9.17) is 9.47 Å². The zero-order chi connectivity index (χ0) is 15.6. The van der Waals surface area contributed by atoms with Gasteiger partial charge in [-0.3, -0.25) is 0 Å². The van der Waals surface area contributed by atoms with Gasteiger partial charge in [0.2, 0.25) is 0 Å². The van der Waals surface area contributed by atoms with Crippen LogP contribution in [0.25, 0.3) is 0 Å². The lowest BCUT2D eigenvalue weighted by Gasteiger charge is -2.24. The van der Waals surface area contributed by atoms with Crippen molar-refractivity contribution in [2.75, 3.05) is 6.61 Å². The molecule has 0 saturated carbocycles. The molecule has 0 aromatic heterocycles. The third-order valence-electron chi connectivity index (χ3n) is 4.19. The molecule has 0 amide bonds. The summed E-state index contributed by atoms with van der Waals surface area (Å²) in [6, 6.07) is 6.69. The monoisotopic (exact) mass is 290 g/mol. The van der Waals surface area contributed by atoms with Gasteiger partial charge in [0, 0.05) is 0 Å². The fourth-order valence-electron chi connectivity index (χ4n) is 2.92.